The molecule has 0 aliphatic rings. The van der Waals surface area contributed by atoms with E-state index in [-0.39, 0.29) is 11.6 Å². The average Bonchev–Trinajstić information content (AvgIpc) is 2.41. The van der Waals surface area contributed by atoms with Crippen LogP contribution >= 0.6 is 0 Å². The molecular formula is C18H19FO. The number of benzene rings is 2. The molecule has 0 unspecified atom stereocenters. The quantitative estimate of drug-likeness (QED) is 0.734. The first-order valence-electron chi connectivity index (χ1n) is 6.91. The zero-order valence-electron chi connectivity index (χ0n) is 11.9. The van der Waals surface area contributed by atoms with Crippen LogP contribution in [-0.2, 0) is 12.8 Å². The van der Waals surface area contributed by atoms with Crippen LogP contribution < -0.4 is 0 Å². The molecule has 1 nitrogen and oxygen atoms in total. The van der Waals surface area contributed by atoms with Crippen molar-refractivity contribution in [3.63, 3.8) is 0 Å². The van der Waals surface area contributed by atoms with E-state index in [1.165, 1.54) is 17.7 Å². The third-order valence-electron chi connectivity index (χ3n) is 3.17. The summed E-state index contributed by atoms with van der Waals surface area (Å²) >= 11 is 0. The maximum atomic E-state index is 12.8. The molecule has 2 aromatic rings. The zero-order chi connectivity index (χ0) is 14.5. The van der Waals surface area contributed by atoms with E-state index in [0.717, 1.165) is 17.5 Å². The predicted molar refractivity (Wildman–Crippen MR) is 79.4 cm³/mol. The van der Waals surface area contributed by atoms with Gasteiger partial charge < -0.3 is 0 Å². The van der Waals surface area contributed by atoms with Gasteiger partial charge in [-0.15, -0.1) is 0 Å². The summed E-state index contributed by atoms with van der Waals surface area (Å²) in [5.41, 5.74) is 2.75. The van der Waals surface area contributed by atoms with E-state index < -0.39 is 0 Å². The van der Waals surface area contributed by atoms with E-state index in [9.17, 15) is 9.18 Å². The second kappa shape index (κ2) is 6.47. The number of carbonyl (C=O) groups is 1. The van der Waals surface area contributed by atoms with Crippen molar-refractivity contribution >= 4 is 5.78 Å². The highest BCUT2D eigenvalue weighted by atomic mass is 19.1. The maximum Gasteiger partial charge on any atom is 0.167 e. The highest BCUT2D eigenvalue weighted by Crippen LogP contribution is 2.13. The lowest BCUT2D eigenvalue weighted by atomic mass is 9.97. The van der Waals surface area contributed by atoms with Crippen LogP contribution in [0.3, 0.4) is 0 Å². The smallest absolute Gasteiger partial charge is 0.167 e. The summed E-state index contributed by atoms with van der Waals surface area (Å²) in [6.07, 6.45) is 1.28. The zero-order valence-corrected chi connectivity index (χ0v) is 11.9. The molecular weight excluding hydrogens is 251 g/mol. The summed E-state index contributed by atoms with van der Waals surface area (Å²) in [6.45, 7) is 4.32. The minimum absolute atomic E-state index is 0.0715. The van der Waals surface area contributed by atoms with Gasteiger partial charge in [-0.3, -0.25) is 4.79 Å². The number of Topliss-reactive ketones (excluding diaryl/α,β-unsaturated/α-hetero) is 1. The first-order valence-corrected chi connectivity index (χ1v) is 6.91. The normalized spacial score (nSPS) is 10.8. The molecule has 0 atom stereocenters. The van der Waals surface area contributed by atoms with Crippen molar-refractivity contribution in [2.75, 3.05) is 0 Å². The molecule has 0 N–H and O–H groups in total. The van der Waals surface area contributed by atoms with Crippen molar-refractivity contribution < 1.29 is 9.18 Å². The van der Waals surface area contributed by atoms with E-state index in [0.29, 0.717) is 12.3 Å². The molecule has 0 aliphatic carbocycles. The fraction of sp³-hybridized carbons (Fsp3) is 0.278. The van der Waals surface area contributed by atoms with Crippen LogP contribution in [0.2, 0.25) is 0 Å². The van der Waals surface area contributed by atoms with Crippen molar-refractivity contribution in [2.45, 2.75) is 26.7 Å². The van der Waals surface area contributed by atoms with Gasteiger partial charge in [0.15, 0.2) is 5.78 Å². The lowest BCUT2D eigenvalue weighted by Gasteiger charge is -2.07. The Morgan fingerprint density at radius 1 is 1.05 bits per heavy atom. The first-order chi connectivity index (χ1) is 9.54. The predicted octanol–water partition coefficient (Wildman–Crippen LogP) is 4.45. The summed E-state index contributed by atoms with van der Waals surface area (Å²) in [5, 5.41) is 0. The van der Waals surface area contributed by atoms with Crippen LogP contribution in [0.25, 0.3) is 0 Å². The van der Waals surface area contributed by atoms with Gasteiger partial charge >= 0.3 is 0 Å². The molecule has 104 valence electrons. The summed E-state index contributed by atoms with van der Waals surface area (Å²) in [4.78, 5) is 12.2. The molecule has 0 heterocycles. The Morgan fingerprint density at radius 3 is 2.40 bits per heavy atom. The Bertz CT molecular complexity index is 585. The molecule has 0 fully saturated rings. The molecule has 0 aromatic heterocycles. The van der Waals surface area contributed by atoms with Crippen molar-refractivity contribution in [3.8, 4) is 0 Å². The molecule has 20 heavy (non-hydrogen) atoms. The number of ketones is 1. The molecule has 0 spiro atoms. The van der Waals surface area contributed by atoms with Gasteiger partial charge in [-0.2, -0.15) is 0 Å². The molecule has 0 amide bonds. The molecule has 0 radical (unpaired) electrons. The lowest BCUT2D eigenvalue weighted by Crippen LogP contribution is -2.05. The van der Waals surface area contributed by atoms with E-state index in [1.54, 1.807) is 12.1 Å². The molecule has 0 aliphatic heterocycles. The van der Waals surface area contributed by atoms with Crippen molar-refractivity contribution in [3.05, 3.63) is 71.0 Å². The third kappa shape index (κ3) is 4.02. The van der Waals surface area contributed by atoms with Gasteiger partial charge in [-0.25, -0.2) is 4.39 Å². The number of rotatable bonds is 5. The lowest BCUT2D eigenvalue weighted by molar-refractivity contribution is 0.0993. The van der Waals surface area contributed by atoms with Gasteiger partial charge in [-0.1, -0.05) is 44.2 Å². The van der Waals surface area contributed by atoms with Crippen LogP contribution in [0.1, 0.15) is 35.3 Å². The van der Waals surface area contributed by atoms with Crippen LogP contribution in [0.5, 0.6) is 0 Å². The Balaban J connectivity index is 2.10. The third-order valence-corrected chi connectivity index (χ3v) is 3.17. The largest absolute Gasteiger partial charge is 0.294 e. The van der Waals surface area contributed by atoms with Crippen LogP contribution in [0.15, 0.2) is 48.5 Å². The second-order valence-corrected chi connectivity index (χ2v) is 5.52. The Hall–Kier alpha value is -1.96. The average molecular weight is 270 g/mol. The SMILES string of the molecule is CC(C)Cc1cccc(C(=O)Cc2ccc(F)cc2)c1. The van der Waals surface area contributed by atoms with E-state index in [2.05, 4.69) is 19.9 Å². The molecule has 0 saturated heterocycles. The van der Waals surface area contributed by atoms with Crippen LogP contribution in [-0.4, -0.2) is 5.78 Å². The van der Waals surface area contributed by atoms with Gasteiger partial charge in [-0.05, 0) is 41.7 Å². The molecule has 2 rings (SSSR count). The van der Waals surface area contributed by atoms with Gasteiger partial charge in [0.05, 0.1) is 0 Å². The molecule has 0 bridgehead atoms. The number of carbonyl (C=O) groups excluding carboxylic acids is 1. The van der Waals surface area contributed by atoms with Gasteiger partial charge in [0, 0.05) is 12.0 Å². The number of halogens is 1. The first kappa shape index (κ1) is 14.4. The number of hydrogen-bond donors (Lipinski definition) is 0. The minimum Gasteiger partial charge on any atom is -0.294 e. The molecule has 0 saturated carbocycles. The van der Waals surface area contributed by atoms with Crippen LogP contribution in [0, 0.1) is 11.7 Å². The fourth-order valence-electron chi connectivity index (χ4n) is 2.23. The highest BCUT2D eigenvalue weighted by Gasteiger charge is 2.08. The highest BCUT2D eigenvalue weighted by molar-refractivity contribution is 5.97. The van der Waals surface area contributed by atoms with Gasteiger partial charge in [0.2, 0.25) is 0 Å². The summed E-state index contributed by atoms with van der Waals surface area (Å²) in [7, 11) is 0. The van der Waals surface area contributed by atoms with Gasteiger partial charge in [0.1, 0.15) is 5.82 Å². The standard InChI is InChI=1S/C18H19FO/c1-13(2)10-15-4-3-5-16(11-15)18(20)12-14-6-8-17(19)9-7-14/h3-9,11,13H,10,12H2,1-2H3. The summed E-state index contributed by atoms with van der Waals surface area (Å²) in [5.74, 6) is 0.361. The number of hydrogen-bond acceptors (Lipinski definition) is 1. The second-order valence-electron chi connectivity index (χ2n) is 5.52. The topological polar surface area (TPSA) is 17.1 Å². The fourth-order valence-corrected chi connectivity index (χ4v) is 2.23. The summed E-state index contributed by atoms with van der Waals surface area (Å²) < 4.78 is 12.8. The van der Waals surface area contributed by atoms with Gasteiger partial charge in [0.25, 0.3) is 0 Å². The van der Waals surface area contributed by atoms with E-state index >= 15 is 0 Å². The monoisotopic (exact) mass is 270 g/mol. The Labute approximate surface area is 119 Å². The van der Waals surface area contributed by atoms with Crippen molar-refractivity contribution in [2.24, 2.45) is 5.92 Å². The minimum atomic E-state index is -0.278. The van der Waals surface area contributed by atoms with Crippen molar-refractivity contribution in [1.29, 1.82) is 0 Å². The molecule has 2 aromatic carbocycles. The van der Waals surface area contributed by atoms with E-state index in [1.807, 2.05) is 18.2 Å². The Morgan fingerprint density at radius 2 is 1.75 bits per heavy atom. The van der Waals surface area contributed by atoms with Crippen molar-refractivity contribution in [1.82, 2.24) is 0 Å². The van der Waals surface area contributed by atoms with E-state index in [4.69, 9.17) is 0 Å². The summed E-state index contributed by atoms with van der Waals surface area (Å²) in [6, 6.07) is 13.9. The van der Waals surface area contributed by atoms with Crippen LogP contribution in [0.4, 0.5) is 4.39 Å². The Kier molecular flexibility index (Phi) is 4.67. The maximum absolute atomic E-state index is 12.8. The molecule has 2 heteroatoms.